The van der Waals surface area contributed by atoms with Gasteiger partial charge in [0.2, 0.25) is 0 Å². The van der Waals surface area contributed by atoms with Crippen molar-refractivity contribution in [3.05, 3.63) is 163 Å². The fourth-order valence-corrected chi connectivity index (χ4v) is 14.8. The SMILES string of the molecule is Br.CCCCCCCCCCCCCC[P+](c1ccccc1)(c1ccccc1)c1cc(CCCCCCCCCCCC)c(-c2ccccc2)c(-c2ccccc2)c1-c1ccccc1.P.P.[Br-]. The van der Waals surface area contributed by atoms with E-state index in [0.29, 0.717) is 0 Å². The molecule has 0 heterocycles. The molecule has 0 aliphatic carbocycles. The Hall–Kier alpha value is -2.43. The van der Waals surface area contributed by atoms with Crippen molar-refractivity contribution in [1.29, 1.82) is 0 Å². The van der Waals surface area contributed by atoms with Gasteiger partial charge in [0.05, 0.1) is 6.16 Å². The third kappa shape index (κ3) is 18.4. The highest BCUT2D eigenvalue weighted by Gasteiger charge is 2.48. The van der Waals surface area contributed by atoms with Crippen molar-refractivity contribution in [1.82, 2.24) is 0 Å². The fraction of sp³-hybridized carbons (Fsp3) is 0.419. The lowest BCUT2D eigenvalue weighted by atomic mass is 9.83. The molecule has 6 aromatic carbocycles. The molecule has 0 saturated carbocycles. The summed E-state index contributed by atoms with van der Waals surface area (Å²) in [4.78, 5) is 0. The smallest absolute Gasteiger partial charge is 0.113 e. The van der Waals surface area contributed by atoms with Gasteiger partial charge < -0.3 is 17.0 Å². The molecule has 0 aromatic heterocycles. The maximum atomic E-state index is 2.76. The van der Waals surface area contributed by atoms with Gasteiger partial charge in [-0.15, -0.1) is 17.0 Å². The average Bonchev–Trinajstić information content (AvgIpc) is 3.34. The van der Waals surface area contributed by atoms with Crippen LogP contribution in [0.15, 0.2) is 158 Å². The maximum absolute atomic E-state index is 2.76. The van der Waals surface area contributed by atoms with Gasteiger partial charge in [0.25, 0.3) is 0 Å². The van der Waals surface area contributed by atoms with Gasteiger partial charge in [0, 0.05) is 11.1 Å². The molecule has 364 valence electrons. The number of benzene rings is 6. The lowest BCUT2D eigenvalue weighted by Gasteiger charge is -2.32. The highest BCUT2D eigenvalue weighted by molar-refractivity contribution is 8.93. The van der Waals surface area contributed by atoms with E-state index < -0.39 is 7.26 Å². The van der Waals surface area contributed by atoms with E-state index in [1.165, 1.54) is 197 Å². The molecule has 0 nitrogen and oxygen atoms in total. The van der Waals surface area contributed by atoms with Crippen LogP contribution in [0.4, 0.5) is 0 Å². The van der Waals surface area contributed by atoms with Crippen molar-refractivity contribution in [3.63, 3.8) is 0 Å². The zero-order valence-corrected chi connectivity index (χ0v) is 48.7. The molecule has 0 radical (unpaired) electrons. The summed E-state index contributed by atoms with van der Waals surface area (Å²) in [6.45, 7) is 4.63. The van der Waals surface area contributed by atoms with E-state index in [1.54, 1.807) is 5.30 Å². The van der Waals surface area contributed by atoms with Gasteiger partial charge in [0.15, 0.2) is 0 Å². The minimum absolute atomic E-state index is 0. The maximum Gasteiger partial charge on any atom is 0.113 e. The molecule has 0 fully saturated rings. The van der Waals surface area contributed by atoms with Crippen LogP contribution in [-0.2, 0) is 6.42 Å². The number of aryl methyl sites for hydroxylation is 1. The van der Waals surface area contributed by atoms with Crippen molar-refractivity contribution in [3.8, 4) is 33.4 Å². The van der Waals surface area contributed by atoms with Crippen LogP contribution in [0.5, 0.6) is 0 Å². The Morgan fingerprint density at radius 2 is 0.627 bits per heavy atom. The summed E-state index contributed by atoms with van der Waals surface area (Å²) in [5.41, 5.74) is 9.72. The third-order valence-electron chi connectivity index (χ3n) is 13.5. The molecule has 0 bridgehead atoms. The molecule has 6 rings (SSSR count). The van der Waals surface area contributed by atoms with Gasteiger partial charge in [-0.2, -0.15) is 19.8 Å². The van der Waals surface area contributed by atoms with Gasteiger partial charge in [-0.1, -0.05) is 263 Å². The summed E-state index contributed by atoms with van der Waals surface area (Å²) in [6.07, 6.45) is 32.1. The Balaban J connectivity index is 0.00000385. The van der Waals surface area contributed by atoms with Crippen LogP contribution < -0.4 is 32.9 Å². The van der Waals surface area contributed by atoms with Crippen molar-refractivity contribution >= 4 is 60.0 Å². The van der Waals surface area contributed by atoms with Crippen LogP contribution in [0, 0.1) is 0 Å². The first-order valence-corrected chi connectivity index (χ1v) is 27.6. The van der Waals surface area contributed by atoms with E-state index in [4.69, 9.17) is 0 Å². The lowest BCUT2D eigenvalue weighted by Crippen LogP contribution is -3.00. The molecule has 0 N–H and O–H groups in total. The molecule has 0 aliphatic heterocycles. The Morgan fingerprint density at radius 1 is 0.328 bits per heavy atom. The van der Waals surface area contributed by atoms with Gasteiger partial charge in [0.1, 0.15) is 23.2 Å². The molecule has 0 amide bonds. The predicted octanol–water partition coefficient (Wildman–Crippen LogP) is 15.8. The summed E-state index contributed by atoms with van der Waals surface area (Å²) in [7, 11) is -2.19. The summed E-state index contributed by atoms with van der Waals surface area (Å²) in [5.74, 6) is 0. The third-order valence-corrected chi connectivity index (χ3v) is 18.0. The van der Waals surface area contributed by atoms with Crippen LogP contribution in [0.3, 0.4) is 0 Å². The quantitative estimate of drug-likeness (QED) is 0.0311. The lowest BCUT2D eigenvalue weighted by molar-refractivity contribution is -0.0000131. The van der Waals surface area contributed by atoms with E-state index in [-0.39, 0.29) is 53.8 Å². The van der Waals surface area contributed by atoms with Crippen LogP contribution in [0.25, 0.3) is 33.4 Å². The zero-order chi connectivity index (χ0) is 43.6. The predicted molar refractivity (Wildman–Crippen MR) is 315 cm³/mol. The van der Waals surface area contributed by atoms with Crippen molar-refractivity contribution in [2.24, 2.45) is 0 Å². The molecule has 0 saturated heterocycles. The molecule has 67 heavy (non-hydrogen) atoms. The normalized spacial score (nSPS) is 10.9. The summed E-state index contributed by atoms with van der Waals surface area (Å²) < 4.78 is 0. The fourth-order valence-electron chi connectivity index (χ4n) is 10.1. The van der Waals surface area contributed by atoms with Gasteiger partial charge in [-0.25, -0.2) is 0 Å². The van der Waals surface area contributed by atoms with E-state index in [2.05, 4.69) is 172 Å². The van der Waals surface area contributed by atoms with Crippen LogP contribution >= 0.6 is 44.0 Å². The van der Waals surface area contributed by atoms with Crippen molar-refractivity contribution in [2.45, 2.75) is 162 Å². The summed E-state index contributed by atoms with van der Waals surface area (Å²) >= 11 is 0. The number of halogens is 2. The Bertz CT molecular complexity index is 2070. The van der Waals surface area contributed by atoms with Crippen molar-refractivity contribution < 1.29 is 17.0 Å². The van der Waals surface area contributed by atoms with Crippen LogP contribution in [0.2, 0.25) is 0 Å². The van der Waals surface area contributed by atoms with Crippen LogP contribution in [0.1, 0.15) is 161 Å². The molecule has 0 aliphatic rings. The minimum atomic E-state index is -2.19. The van der Waals surface area contributed by atoms with Gasteiger partial charge in [-0.05, 0) is 83.8 Å². The van der Waals surface area contributed by atoms with E-state index in [1.807, 2.05) is 0 Å². The first-order chi connectivity index (χ1) is 31.3. The van der Waals surface area contributed by atoms with Gasteiger partial charge in [-0.3, -0.25) is 0 Å². The second kappa shape index (κ2) is 35.6. The Labute approximate surface area is 438 Å². The molecule has 2 atom stereocenters. The first-order valence-electron chi connectivity index (χ1n) is 25.6. The number of hydrogen-bond acceptors (Lipinski definition) is 0. The minimum Gasteiger partial charge on any atom is -1.00 e. The monoisotopic (exact) mass is 1080 g/mol. The second-order valence-electron chi connectivity index (χ2n) is 18.3. The largest absolute Gasteiger partial charge is 1.00 e. The zero-order valence-electron chi connectivity index (χ0n) is 41.6. The number of unbranched alkanes of at least 4 members (excludes halogenated alkanes) is 20. The van der Waals surface area contributed by atoms with E-state index >= 15 is 0 Å². The molecular formula is C62H87Br2P3. The molecular weight excluding hydrogens is 997 g/mol. The van der Waals surface area contributed by atoms with E-state index in [9.17, 15) is 0 Å². The van der Waals surface area contributed by atoms with Crippen molar-refractivity contribution in [2.75, 3.05) is 6.16 Å². The Kier molecular flexibility index (Phi) is 32.3. The average molecular weight is 1090 g/mol. The highest BCUT2D eigenvalue weighted by atomic mass is 79.9. The molecule has 0 spiro atoms. The second-order valence-corrected chi connectivity index (χ2v) is 21.9. The molecule has 5 heteroatoms. The standard InChI is InChI=1S/C62H80P.2BrH.2H3P/c1-3-5-7-9-11-13-15-16-18-20-22-39-51-63(57-47-35-26-36-48-57,58-49-37-27-38-50-58)59-52-56(46-28-21-19-17-14-12-10-8-6-4-2)60(53-40-29-23-30-41-53)62(55-44-33-25-34-45-55)61(59)54-42-31-24-32-43-54;;;;/h23-27,29-38,40-45,47-50,52H,3-22,28,39,46,51H2,1-2H3;2*1H;2*1H3/q+1;;;;/p-1. The van der Waals surface area contributed by atoms with E-state index in [0.717, 1.165) is 6.42 Å². The summed E-state index contributed by atoms with van der Waals surface area (Å²) in [6, 6.07) is 60.6. The molecule has 6 aromatic rings. The molecule has 2 unspecified atom stereocenters. The first kappa shape index (κ1) is 60.7. The Morgan fingerprint density at radius 3 is 1.00 bits per heavy atom. The van der Waals surface area contributed by atoms with Gasteiger partial charge >= 0.3 is 0 Å². The van der Waals surface area contributed by atoms with Crippen LogP contribution in [-0.4, -0.2) is 6.16 Å². The highest BCUT2D eigenvalue weighted by Crippen LogP contribution is 2.60. The number of rotatable bonds is 30. The summed E-state index contributed by atoms with van der Waals surface area (Å²) in [5, 5.41) is 4.58. The topological polar surface area (TPSA) is 0 Å². The number of hydrogen-bond donors (Lipinski definition) is 0.